The first-order valence-electron chi connectivity index (χ1n) is 11.6. The van der Waals surface area contributed by atoms with Gasteiger partial charge in [0.1, 0.15) is 5.78 Å². The first-order valence-corrected chi connectivity index (χ1v) is 11.6. The van der Waals surface area contributed by atoms with Crippen molar-refractivity contribution in [3.05, 3.63) is 70.3 Å². The summed E-state index contributed by atoms with van der Waals surface area (Å²) < 4.78 is 0. The van der Waals surface area contributed by atoms with Gasteiger partial charge in [0.15, 0.2) is 0 Å². The van der Waals surface area contributed by atoms with Crippen LogP contribution in [0.15, 0.2) is 42.5 Å². The van der Waals surface area contributed by atoms with Gasteiger partial charge >= 0.3 is 0 Å². The summed E-state index contributed by atoms with van der Waals surface area (Å²) in [5.41, 5.74) is 15.3. The van der Waals surface area contributed by atoms with Gasteiger partial charge in [0.25, 0.3) is 0 Å². The van der Waals surface area contributed by atoms with Crippen molar-refractivity contribution in [1.82, 2.24) is 0 Å². The fourth-order valence-corrected chi connectivity index (χ4v) is 6.99. The number of ketones is 1. The van der Waals surface area contributed by atoms with E-state index in [2.05, 4.69) is 13.0 Å². The molecule has 5 atom stereocenters. The Balaban J connectivity index is 1.40. The van der Waals surface area contributed by atoms with Gasteiger partial charge in [0.05, 0.1) is 0 Å². The van der Waals surface area contributed by atoms with Gasteiger partial charge in [0, 0.05) is 22.5 Å². The summed E-state index contributed by atoms with van der Waals surface area (Å²) in [6.45, 7) is 2.18. The molecule has 0 aliphatic heterocycles. The molecular formula is C27H30N2O3. The first kappa shape index (κ1) is 20.9. The van der Waals surface area contributed by atoms with Crippen molar-refractivity contribution in [1.29, 1.82) is 0 Å². The summed E-state index contributed by atoms with van der Waals surface area (Å²) in [6, 6.07) is 13.3. The Bertz CT molecular complexity index is 1120. The zero-order valence-electron chi connectivity index (χ0n) is 18.5. The largest absolute Gasteiger partial charge is 0.366 e. The molecule has 0 heterocycles. The topological polar surface area (TPSA) is 103 Å². The van der Waals surface area contributed by atoms with Gasteiger partial charge in [-0.2, -0.15) is 0 Å². The molecule has 0 spiro atoms. The van der Waals surface area contributed by atoms with Crippen molar-refractivity contribution in [3.8, 4) is 0 Å². The van der Waals surface area contributed by atoms with Crippen LogP contribution in [0.3, 0.4) is 0 Å². The molecule has 5 rings (SSSR count). The van der Waals surface area contributed by atoms with Crippen LogP contribution in [0.2, 0.25) is 0 Å². The number of hydrogen-bond donors (Lipinski definition) is 2. The number of Topliss-reactive ketones (excluding diaryl/α,β-unsaturated/α-hetero) is 1. The van der Waals surface area contributed by atoms with E-state index in [1.54, 1.807) is 6.07 Å². The third-order valence-electron chi connectivity index (χ3n) is 8.57. The lowest BCUT2D eigenvalue weighted by atomic mass is 9.55. The SMILES string of the molecule is C[C@]12CC[C@@H]3c4ccc(C(N)=O)cc4CC[C@H]3[C@@H]1C[C@H](Cc1cccc(C(N)=O)c1)C2=O. The molecule has 5 heteroatoms. The molecule has 0 radical (unpaired) electrons. The smallest absolute Gasteiger partial charge is 0.248 e. The van der Waals surface area contributed by atoms with Crippen LogP contribution >= 0.6 is 0 Å². The highest BCUT2D eigenvalue weighted by Crippen LogP contribution is 2.61. The lowest BCUT2D eigenvalue weighted by Crippen LogP contribution is -2.42. The maximum atomic E-state index is 13.6. The minimum absolute atomic E-state index is 0.00879. The van der Waals surface area contributed by atoms with E-state index in [1.807, 2.05) is 30.3 Å². The Morgan fingerprint density at radius 3 is 2.53 bits per heavy atom. The molecule has 166 valence electrons. The number of fused-ring (bicyclic) bond motifs is 5. The van der Waals surface area contributed by atoms with E-state index in [4.69, 9.17) is 11.5 Å². The minimum Gasteiger partial charge on any atom is -0.366 e. The molecule has 3 aliphatic rings. The van der Waals surface area contributed by atoms with Crippen molar-refractivity contribution >= 4 is 17.6 Å². The minimum atomic E-state index is -0.437. The molecule has 0 bridgehead atoms. The number of aryl methyl sites for hydroxylation is 1. The van der Waals surface area contributed by atoms with Crippen LogP contribution in [0.4, 0.5) is 0 Å². The monoisotopic (exact) mass is 430 g/mol. The zero-order valence-corrected chi connectivity index (χ0v) is 18.5. The Labute approximate surface area is 188 Å². The van der Waals surface area contributed by atoms with Crippen LogP contribution in [0.1, 0.15) is 75.9 Å². The van der Waals surface area contributed by atoms with E-state index in [0.717, 1.165) is 37.7 Å². The van der Waals surface area contributed by atoms with E-state index < -0.39 is 5.91 Å². The normalized spacial score (nSPS) is 30.8. The number of nitrogens with two attached hydrogens (primary N) is 2. The summed E-state index contributed by atoms with van der Waals surface area (Å²) >= 11 is 0. The summed E-state index contributed by atoms with van der Waals surface area (Å²) in [5.74, 6) is 0.882. The maximum absolute atomic E-state index is 13.6. The number of hydrogen-bond acceptors (Lipinski definition) is 3. The summed E-state index contributed by atoms with van der Waals surface area (Å²) in [6.07, 6.45) is 5.48. The van der Waals surface area contributed by atoms with Gasteiger partial charge in [-0.25, -0.2) is 0 Å². The van der Waals surface area contributed by atoms with Gasteiger partial charge in [-0.05, 0) is 97.2 Å². The fraction of sp³-hybridized carbons (Fsp3) is 0.444. The molecule has 5 nitrogen and oxygen atoms in total. The number of carbonyl (C=O) groups excluding carboxylic acids is 3. The summed E-state index contributed by atoms with van der Waals surface area (Å²) in [7, 11) is 0. The molecule has 2 saturated carbocycles. The van der Waals surface area contributed by atoms with Crippen LogP contribution in [0, 0.1) is 23.2 Å². The first-order chi connectivity index (χ1) is 15.3. The van der Waals surface area contributed by atoms with Gasteiger partial charge < -0.3 is 11.5 Å². The second kappa shape index (κ2) is 7.58. The van der Waals surface area contributed by atoms with E-state index in [1.165, 1.54) is 11.1 Å². The summed E-state index contributed by atoms with van der Waals surface area (Å²) in [4.78, 5) is 36.7. The van der Waals surface area contributed by atoms with E-state index in [0.29, 0.717) is 41.1 Å². The Hall–Kier alpha value is -2.95. The number of carbonyl (C=O) groups is 3. The van der Waals surface area contributed by atoms with Crippen molar-refractivity contribution in [3.63, 3.8) is 0 Å². The molecule has 2 amide bonds. The van der Waals surface area contributed by atoms with E-state index in [9.17, 15) is 14.4 Å². The Morgan fingerprint density at radius 2 is 1.78 bits per heavy atom. The zero-order chi connectivity index (χ0) is 22.6. The van der Waals surface area contributed by atoms with Crippen LogP contribution < -0.4 is 11.5 Å². The van der Waals surface area contributed by atoms with Gasteiger partial charge in [-0.1, -0.05) is 25.1 Å². The number of rotatable bonds is 4. The highest BCUT2D eigenvalue weighted by molar-refractivity contribution is 5.94. The average Bonchev–Trinajstić information content (AvgIpc) is 3.03. The molecule has 32 heavy (non-hydrogen) atoms. The second-order valence-corrected chi connectivity index (χ2v) is 10.2. The number of primary amides is 2. The summed E-state index contributed by atoms with van der Waals surface area (Å²) in [5, 5.41) is 0. The van der Waals surface area contributed by atoms with Crippen molar-refractivity contribution in [2.45, 2.75) is 51.4 Å². The fourth-order valence-electron chi connectivity index (χ4n) is 6.99. The van der Waals surface area contributed by atoms with Crippen molar-refractivity contribution in [2.75, 3.05) is 0 Å². The second-order valence-electron chi connectivity index (χ2n) is 10.2. The van der Waals surface area contributed by atoms with Crippen molar-refractivity contribution < 1.29 is 14.4 Å². The highest BCUT2D eigenvalue weighted by Gasteiger charge is 2.57. The molecule has 2 aromatic carbocycles. The molecular weight excluding hydrogens is 400 g/mol. The number of benzene rings is 2. The molecule has 0 unspecified atom stereocenters. The van der Waals surface area contributed by atoms with Gasteiger partial charge in [0.2, 0.25) is 11.8 Å². The standard InChI is InChI=1S/C27H30N2O3/c1-27-10-9-21-20-7-6-18(26(29)32)13-16(20)5-8-22(21)23(27)14-19(24(27)30)12-15-3-2-4-17(11-15)25(28)31/h2-4,6-7,11,13,19,21-23H,5,8-10,12,14H2,1H3,(H2,28,31)(H2,29,32)/t19-,21+,22+,23-,27-/m0/s1. The molecule has 2 aromatic rings. The van der Waals surface area contributed by atoms with Gasteiger partial charge in [-0.3, -0.25) is 14.4 Å². The predicted molar refractivity (Wildman–Crippen MR) is 122 cm³/mol. The van der Waals surface area contributed by atoms with Crippen LogP contribution in [0.25, 0.3) is 0 Å². The van der Waals surface area contributed by atoms with E-state index in [-0.39, 0.29) is 17.2 Å². The number of amides is 2. The molecule has 0 saturated heterocycles. The van der Waals surface area contributed by atoms with Crippen molar-refractivity contribution in [2.24, 2.45) is 34.6 Å². The van der Waals surface area contributed by atoms with Gasteiger partial charge in [-0.15, -0.1) is 0 Å². The van der Waals surface area contributed by atoms with Crippen LogP contribution in [-0.4, -0.2) is 17.6 Å². The van der Waals surface area contributed by atoms with E-state index >= 15 is 0 Å². The average molecular weight is 431 g/mol. The Kier molecular flexibility index (Phi) is 4.95. The lowest BCUT2D eigenvalue weighted by molar-refractivity contribution is -0.131. The molecule has 2 fully saturated rings. The van der Waals surface area contributed by atoms with Crippen LogP contribution in [-0.2, 0) is 17.6 Å². The quantitative estimate of drug-likeness (QED) is 0.771. The van der Waals surface area contributed by atoms with Crippen LogP contribution in [0.5, 0.6) is 0 Å². The Morgan fingerprint density at radius 1 is 1.03 bits per heavy atom. The maximum Gasteiger partial charge on any atom is 0.248 e. The predicted octanol–water partition coefficient (Wildman–Crippen LogP) is 3.78. The third kappa shape index (κ3) is 3.26. The third-order valence-corrected chi connectivity index (χ3v) is 8.57. The highest BCUT2D eigenvalue weighted by atomic mass is 16.1. The molecule has 0 aromatic heterocycles. The molecule has 4 N–H and O–H groups in total. The molecule has 3 aliphatic carbocycles. The lowest BCUT2D eigenvalue weighted by Gasteiger charge is -2.48.